The number of hydrogen-bond donors (Lipinski definition) is 1. The molecule has 1 amide bonds. The summed E-state index contributed by atoms with van der Waals surface area (Å²) in [5, 5.41) is 12.8. The number of amides is 1. The Morgan fingerprint density at radius 3 is 2.95 bits per heavy atom. The summed E-state index contributed by atoms with van der Waals surface area (Å²) in [5.41, 5.74) is 0.831. The number of furan rings is 1. The zero-order valence-electron chi connectivity index (χ0n) is 12.2. The van der Waals surface area contributed by atoms with Gasteiger partial charge >= 0.3 is 0 Å². The standard InChI is InChI=1S/C15H15N3O2S2/c1-9(13-7-11-5-3-4-6-12(11)20-13)16-14(19)8-21-15-18-17-10(2)22-15/h3-7,9H,8H2,1-2H3,(H,16,19)/t9-/m0/s1. The van der Waals surface area contributed by atoms with Crippen LogP contribution in [-0.2, 0) is 4.79 Å². The highest BCUT2D eigenvalue weighted by Gasteiger charge is 2.15. The molecular weight excluding hydrogens is 318 g/mol. The predicted molar refractivity (Wildman–Crippen MR) is 88.1 cm³/mol. The van der Waals surface area contributed by atoms with Crippen LogP contribution in [-0.4, -0.2) is 21.9 Å². The van der Waals surface area contributed by atoms with E-state index < -0.39 is 0 Å². The van der Waals surface area contributed by atoms with Crippen LogP contribution in [0.15, 0.2) is 39.1 Å². The summed E-state index contributed by atoms with van der Waals surface area (Å²) >= 11 is 2.88. The number of para-hydroxylation sites is 1. The Bertz CT molecular complexity index is 764. The lowest BCUT2D eigenvalue weighted by atomic mass is 10.2. The molecule has 0 saturated carbocycles. The van der Waals surface area contributed by atoms with Crippen LogP contribution < -0.4 is 5.32 Å². The molecule has 5 nitrogen and oxygen atoms in total. The van der Waals surface area contributed by atoms with Crippen LogP contribution in [0.25, 0.3) is 11.0 Å². The van der Waals surface area contributed by atoms with Gasteiger partial charge in [-0.1, -0.05) is 41.3 Å². The summed E-state index contributed by atoms with van der Waals surface area (Å²) in [6.07, 6.45) is 0. The minimum Gasteiger partial charge on any atom is -0.459 e. The molecule has 0 radical (unpaired) electrons. The average Bonchev–Trinajstić information content (AvgIpc) is 3.11. The van der Waals surface area contributed by atoms with Crippen LogP contribution in [0.5, 0.6) is 0 Å². The van der Waals surface area contributed by atoms with E-state index in [0.717, 1.165) is 26.1 Å². The molecule has 0 aliphatic carbocycles. The third kappa shape index (κ3) is 3.48. The topological polar surface area (TPSA) is 68.0 Å². The molecule has 0 spiro atoms. The summed E-state index contributed by atoms with van der Waals surface area (Å²) in [5.74, 6) is 1.02. The van der Waals surface area contributed by atoms with Crippen molar-refractivity contribution < 1.29 is 9.21 Å². The van der Waals surface area contributed by atoms with Crippen molar-refractivity contribution in [2.24, 2.45) is 0 Å². The van der Waals surface area contributed by atoms with Gasteiger partial charge in [-0.25, -0.2) is 0 Å². The molecule has 7 heteroatoms. The number of nitrogens with zero attached hydrogens (tertiary/aromatic N) is 2. The summed E-state index contributed by atoms with van der Waals surface area (Å²) in [6, 6.07) is 9.59. The average molecular weight is 333 g/mol. The van der Waals surface area contributed by atoms with E-state index in [9.17, 15) is 4.79 Å². The number of fused-ring (bicyclic) bond motifs is 1. The lowest BCUT2D eigenvalue weighted by molar-refractivity contribution is -0.119. The first-order valence-electron chi connectivity index (χ1n) is 6.82. The quantitative estimate of drug-likeness (QED) is 0.723. The van der Waals surface area contributed by atoms with Gasteiger partial charge in [0.05, 0.1) is 11.8 Å². The minimum atomic E-state index is -0.170. The van der Waals surface area contributed by atoms with Gasteiger partial charge in [0, 0.05) is 5.39 Å². The van der Waals surface area contributed by atoms with Crippen LogP contribution in [0.2, 0.25) is 0 Å². The second-order valence-corrected chi connectivity index (χ2v) is 7.26. The minimum absolute atomic E-state index is 0.0502. The van der Waals surface area contributed by atoms with Crippen LogP contribution in [0, 0.1) is 6.92 Å². The number of nitrogens with one attached hydrogen (secondary N) is 1. The number of aromatic nitrogens is 2. The first kappa shape index (κ1) is 15.1. The summed E-state index contributed by atoms with van der Waals surface area (Å²) in [7, 11) is 0. The van der Waals surface area contributed by atoms with E-state index in [-0.39, 0.29) is 11.9 Å². The Morgan fingerprint density at radius 2 is 2.23 bits per heavy atom. The fourth-order valence-corrected chi connectivity index (χ4v) is 3.66. The molecule has 114 valence electrons. The van der Waals surface area contributed by atoms with Crippen molar-refractivity contribution in [2.75, 3.05) is 5.75 Å². The highest BCUT2D eigenvalue weighted by atomic mass is 32.2. The SMILES string of the molecule is Cc1nnc(SCC(=O)N[C@@H](C)c2cc3ccccc3o2)s1. The molecule has 2 aromatic heterocycles. The lowest BCUT2D eigenvalue weighted by Crippen LogP contribution is -2.27. The van der Waals surface area contributed by atoms with Gasteiger partial charge < -0.3 is 9.73 Å². The van der Waals surface area contributed by atoms with Gasteiger partial charge in [-0.05, 0) is 26.0 Å². The van der Waals surface area contributed by atoms with Crippen LogP contribution in [0.4, 0.5) is 0 Å². The largest absolute Gasteiger partial charge is 0.459 e. The number of hydrogen-bond acceptors (Lipinski definition) is 6. The molecule has 1 N–H and O–H groups in total. The second kappa shape index (κ2) is 6.50. The fraction of sp³-hybridized carbons (Fsp3) is 0.267. The monoisotopic (exact) mass is 333 g/mol. The van der Waals surface area contributed by atoms with Crippen LogP contribution >= 0.6 is 23.1 Å². The van der Waals surface area contributed by atoms with Gasteiger partial charge in [-0.15, -0.1) is 10.2 Å². The third-order valence-corrected chi connectivity index (χ3v) is 5.06. The molecule has 22 heavy (non-hydrogen) atoms. The third-order valence-electron chi connectivity index (χ3n) is 3.08. The molecular formula is C15H15N3O2S2. The van der Waals surface area contributed by atoms with E-state index >= 15 is 0 Å². The van der Waals surface area contributed by atoms with Gasteiger partial charge in [0.15, 0.2) is 4.34 Å². The maximum atomic E-state index is 12.0. The normalized spacial score (nSPS) is 12.5. The zero-order valence-corrected chi connectivity index (χ0v) is 13.8. The van der Waals surface area contributed by atoms with E-state index in [1.807, 2.05) is 44.2 Å². The van der Waals surface area contributed by atoms with Crippen molar-refractivity contribution in [1.29, 1.82) is 0 Å². The molecule has 3 rings (SSSR count). The highest BCUT2D eigenvalue weighted by molar-refractivity contribution is 8.01. The Labute approximate surface area is 136 Å². The molecule has 2 heterocycles. The summed E-state index contributed by atoms with van der Waals surface area (Å²) in [6.45, 7) is 3.81. The molecule has 0 fully saturated rings. The Hall–Kier alpha value is -1.86. The van der Waals surface area contributed by atoms with Crippen LogP contribution in [0.3, 0.4) is 0 Å². The number of benzene rings is 1. The van der Waals surface area contributed by atoms with Crippen molar-refractivity contribution in [3.05, 3.63) is 41.1 Å². The van der Waals surface area contributed by atoms with Crippen molar-refractivity contribution in [2.45, 2.75) is 24.2 Å². The molecule has 0 aliphatic rings. The van der Waals surface area contributed by atoms with Gasteiger partial charge in [-0.3, -0.25) is 4.79 Å². The van der Waals surface area contributed by atoms with Crippen molar-refractivity contribution >= 4 is 40.0 Å². The second-order valence-electron chi connectivity index (χ2n) is 4.85. The Morgan fingerprint density at radius 1 is 1.41 bits per heavy atom. The van der Waals surface area contributed by atoms with Gasteiger partial charge in [0.25, 0.3) is 0 Å². The number of thioether (sulfide) groups is 1. The van der Waals surface area contributed by atoms with Crippen molar-refractivity contribution in [3.63, 3.8) is 0 Å². The molecule has 0 saturated heterocycles. The number of carbonyl (C=O) groups is 1. The molecule has 1 aromatic carbocycles. The number of rotatable bonds is 5. The first-order valence-corrected chi connectivity index (χ1v) is 8.63. The predicted octanol–water partition coefficient (Wildman–Crippen LogP) is 3.56. The summed E-state index contributed by atoms with van der Waals surface area (Å²) < 4.78 is 6.56. The molecule has 0 bridgehead atoms. The first-order chi connectivity index (χ1) is 10.6. The molecule has 0 unspecified atom stereocenters. The Balaban J connectivity index is 1.58. The van der Waals surface area contributed by atoms with Gasteiger partial charge in [0.2, 0.25) is 5.91 Å². The molecule has 3 aromatic rings. The smallest absolute Gasteiger partial charge is 0.231 e. The van der Waals surface area contributed by atoms with Gasteiger partial charge in [-0.2, -0.15) is 0 Å². The number of aryl methyl sites for hydroxylation is 1. The van der Waals surface area contributed by atoms with Crippen molar-refractivity contribution in [1.82, 2.24) is 15.5 Å². The van der Waals surface area contributed by atoms with E-state index in [0.29, 0.717) is 5.75 Å². The Kier molecular flexibility index (Phi) is 4.44. The van der Waals surface area contributed by atoms with E-state index in [1.165, 1.54) is 23.1 Å². The lowest BCUT2D eigenvalue weighted by Gasteiger charge is -2.10. The van der Waals surface area contributed by atoms with Crippen molar-refractivity contribution in [3.8, 4) is 0 Å². The van der Waals surface area contributed by atoms with E-state index in [2.05, 4.69) is 15.5 Å². The van der Waals surface area contributed by atoms with E-state index in [4.69, 9.17) is 4.42 Å². The summed E-state index contributed by atoms with van der Waals surface area (Å²) in [4.78, 5) is 12.0. The zero-order chi connectivity index (χ0) is 15.5. The van der Waals surface area contributed by atoms with E-state index in [1.54, 1.807) is 0 Å². The molecule has 0 aliphatic heterocycles. The maximum Gasteiger partial charge on any atom is 0.231 e. The van der Waals surface area contributed by atoms with Crippen LogP contribution in [0.1, 0.15) is 23.7 Å². The maximum absolute atomic E-state index is 12.0. The fourth-order valence-electron chi connectivity index (χ4n) is 2.03. The van der Waals surface area contributed by atoms with Gasteiger partial charge in [0.1, 0.15) is 16.4 Å². The highest BCUT2D eigenvalue weighted by Crippen LogP contribution is 2.24. The molecule has 1 atom stereocenters. The number of carbonyl (C=O) groups excluding carboxylic acids is 1.